The maximum Gasteiger partial charge on any atom is 0.111 e. The number of nitrogens with zero attached hydrogens (tertiary/aromatic N) is 1. The van der Waals surface area contributed by atoms with Gasteiger partial charge in [0, 0.05) is 12.5 Å². The lowest BCUT2D eigenvalue weighted by molar-refractivity contribution is 0.0423. The molecule has 23 heavy (non-hydrogen) atoms. The Morgan fingerprint density at radius 1 is 1.00 bits per heavy atom. The van der Waals surface area contributed by atoms with Gasteiger partial charge in [-0.3, -0.25) is 0 Å². The van der Waals surface area contributed by atoms with E-state index in [9.17, 15) is 0 Å². The fourth-order valence-electron chi connectivity index (χ4n) is 3.74. The van der Waals surface area contributed by atoms with E-state index in [4.69, 9.17) is 9.47 Å². The summed E-state index contributed by atoms with van der Waals surface area (Å²) < 4.78 is 11.9. The smallest absolute Gasteiger partial charge is 0.111 e. The monoisotopic (exact) mass is 323 g/mol. The van der Waals surface area contributed by atoms with E-state index in [2.05, 4.69) is 31.7 Å². The zero-order chi connectivity index (χ0) is 16.5. The number of hydrogen-bond donors (Lipinski definition) is 0. The Hall–Kier alpha value is -0.540. The molecule has 1 heterocycles. The first-order valence-electron chi connectivity index (χ1n) is 9.70. The Morgan fingerprint density at radius 2 is 1.74 bits per heavy atom. The molecular weight excluding hydrogens is 286 g/mol. The van der Waals surface area contributed by atoms with Crippen molar-refractivity contribution in [1.29, 1.82) is 0 Å². The normalized spacial score (nSPS) is 24.1. The minimum atomic E-state index is 0.292. The van der Waals surface area contributed by atoms with Crippen LogP contribution in [-0.2, 0) is 9.47 Å². The van der Waals surface area contributed by atoms with Gasteiger partial charge in [0.05, 0.1) is 19.0 Å². The van der Waals surface area contributed by atoms with Crippen LogP contribution in [0.3, 0.4) is 0 Å². The second-order valence-corrected chi connectivity index (χ2v) is 8.17. The third-order valence-electron chi connectivity index (χ3n) is 5.18. The molecule has 0 saturated carbocycles. The number of allylic oxidation sites excluding steroid dienone is 2. The summed E-state index contributed by atoms with van der Waals surface area (Å²) in [6.07, 6.45) is 11.5. The van der Waals surface area contributed by atoms with Crippen molar-refractivity contribution in [2.24, 2.45) is 11.3 Å². The highest BCUT2D eigenvalue weighted by Crippen LogP contribution is 2.39. The van der Waals surface area contributed by atoms with Gasteiger partial charge in [0.25, 0.3) is 0 Å². The van der Waals surface area contributed by atoms with Crippen LogP contribution in [0, 0.1) is 11.3 Å². The summed E-state index contributed by atoms with van der Waals surface area (Å²) in [6.45, 7) is 12.8. The molecule has 0 N–H and O–H groups in total. The molecule has 1 aliphatic heterocycles. The Morgan fingerprint density at radius 3 is 2.43 bits per heavy atom. The van der Waals surface area contributed by atoms with Gasteiger partial charge >= 0.3 is 0 Å². The number of ether oxygens (including phenoxy) is 2. The van der Waals surface area contributed by atoms with E-state index in [0.29, 0.717) is 24.5 Å². The van der Waals surface area contributed by atoms with Gasteiger partial charge in [0.1, 0.15) is 6.61 Å². The molecule has 2 rings (SSSR count). The summed E-state index contributed by atoms with van der Waals surface area (Å²) in [7, 11) is 0. The molecule has 1 atom stereocenters. The minimum Gasteiger partial charge on any atom is -0.496 e. The van der Waals surface area contributed by atoms with Crippen molar-refractivity contribution >= 4 is 0 Å². The van der Waals surface area contributed by atoms with E-state index in [0.717, 1.165) is 19.6 Å². The molecule has 0 amide bonds. The fraction of sp³-hybridized carbons (Fsp3) is 0.900. The van der Waals surface area contributed by atoms with Crippen LogP contribution < -0.4 is 0 Å². The highest BCUT2D eigenvalue weighted by molar-refractivity contribution is 5.06. The quantitative estimate of drug-likeness (QED) is 0.638. The van der Waals surface area contributed by atoms with Gasteiger partial charge in [-0.1, -0.05) is 33.6 Å². The summed E-state index contributed by atoms with van der Waals surface area (Å²) in [6, 6.07) is 0. The van der Waals surface area contributed by atoms with E-state index in [1.165, 1.54) is 57.4 Å². The minimum absolute atomic E-state index is 0.292. The van der Waals surface area contributed by atoms with E-state index >= 15 is 0 Å². The molecule has 1 aliphatic carbocycles. The molecule has 0 bridgehead atoms. The lowest BCUT2D eigenvalue weighted by atomic mass is 9.74. The highest BCUT2D eigenvalue weighted by atomic mass is 16.5. The first-order chi connectivity index (χ1) is 11.1. The van der Waals surface area contributed by atoms with Gasteiger partial charge in [-0.05, 0) is 56.7 Å². The molecular formula is C20H37NO2. The average Bonchev–Trinajstić information content (AvgIpc) is 2.79. The van der Waals surface area contributed by atoms with Crippen LogP contribution >= 0.6 is 0 Å². The lowest BCUT2D eigenvalue weighted by Gasteiger charge is -2.34. The molecule has 0 aromatic rings. The summed E-state index contributed by atoms with van der Waals surface area (Å²) in [5.41, 5.74) is 0.292. The Bertz CT molecular complexity index is 351. The van der Waals surface area contributed by atoms with Crippen LogP contribution in [0.5, 0.6) is 0 Å². The molecule has 0 spiro atoms. The summed E-state index contributed by atoms with van der Waals surface area (Å²) in [5.74, 6) is 1.77. The molecule has 3 nitrogen and oxygen atoms in total. The second-order valence-electron chi connectivity index (χ2n) is 8.17. The van der Waals surface area contributed by atoms with Crippen molar-refractivity contribution in [3.8, 4) is 0 Å². The van der Waals surface area contributed by atoms with Crippen LogP contribution in [0.2, 0.25) is 0 Å². The van der Waals surface area contributed by atoms with Gasteiger partial charge in [-0.15, -0.1) is 0 Å². The van der Waals surface area contributed by atoms with Gasteiger partial charge < -0.3 is 14.4 Å². The number of hydrogen-bond acceptors (Lipinski definition) is 3. The van der Waals surface area contributed by atoms with E-state index in [1.807, 2.05) is 0 Å². The Kier molecular flexibility index (Phi) is 7.91. The van der Waals surface area contributed by atoms with Crippen LogP contribution in [0.25, 0.3) is 0 Å². The van der Waals surface area contributed by atoms with Crippen LogP contribution in [0.15, 0.2) is 11.8 Å². The second kappa shape index (κ2) is 9.68. The van der Waals surface area contributed by atoms with Crippen molar-refractivity contribution < 1.29 is 9.47 Å². The first-order valence-corrected chi connectivity index (χ1v) is 9.70. The number of likely N-dealkylation sites (tertiary alicyclic amines) is 1. The predicted molar refractivity (Wildman–Crippen MR) is 96.6 cm³/mol. The predicted octanol–water partition coefficient (Wildman–Crippen LogP) is 4.63. The third kappa shape index (κ3) is 6.84. The van der Waals surface area contributed by atoms with Crippen LogP contribution in [-0.4, -0.2) is 44.4 Å². The average molecular weight is 324 g/mol. The van der Waals surface area contributed by atoms with Gasteiger partial charge in [0.15, 0.2) is 0 Å². The fourth-order valence-corrected chi connectivity index (χ4v) is 3.74. The summed E-state index contributed by atoms with van der Waals surface area (Å²) in [5, 5.41) is 0. The van der Waals surface area contributed by atoms with E-state index < -0.39 is 0 Å². The van der Waals surface area contributed by atoms with Crippen LogP contribution in [0.1, 0.15) is 65.7 Å². The van der Waals surface area contributed by atoms with Crippen molar-refractivity contribution in [3.63, 3.8) is 0 Å². The molecule has 3 heteroatoms. The zero-order valence-electron chi connectivity index (χ0n) is 15.6. The van der Waals surface area contributed by atoms with Crippen molar-refractivity contribution in [3.05, 3.63) is 11.8 Å². The standard InChI is InChI=1S/C20H37NO2/c1-20(2,3)18-10-6-7-11-19(18)23-17-16-22-15-14-21-12-8-4-5-9-13-21/h11,18H,4-10,12-17H2,1-3H3. The zero-order valence-corrected chi connectivity index (χ0v) is 15.6. The maximum atomic E-state index is 6.06. The lowest BCUT2D eigenvalue weighted by Crippen LogP contribution is -2.29. The van der Waals surface area contributed by atoms with Gasteiger partial charge in [-0.2, -0.15) is 0 Å². The molecule has 0 radical (unpaired) electrons. The molecule has 1 saturated heterocycles. The van der Waals surface area contributed by atoms with Crippen molar-refractivity contribution in [2.75, 3.05) is 39.5 Å². The Balaban J connectivity index is 1.58. The third-order valence-corrected chi connectivity index (χ3v) is 5.18. The first kappa shape index (κ1) is 18.8. The summed E-state index contributed by atoms with van der Waals surface area (Å²) >= 11 is 0. The molecule has 2 aliphatic rings. The van der Waals surface area contributed by atoms with Crippen molar-refractivity contribution in [2.45, 2.75) is 65.7 Å². The largest absolute Gasteiger partial charge is 0.496 e. The van der Waals surface area contributed by atoms with Crippen molar-refractivity contribution in [1.82, 2.24) is 4.90 Å². The van der Waals surface area contributed by atoms with Gasteiger partial charge in [-0.25, -0.2) is 0 Å². The van der Waals surface area contributed by atoms with E-state index in [-0.39, 0.29) is 0 Å². The highest BCUT2D eigenvalue weighted by Gasteiger charge is 2.30. The molecule has 1 fully saturated rings. The molecule has 134 valence electrons. The molecule has 0 aromatic heterocycles. The number of rotatable bonds is 7. The Labute approximate surface area is 143 Å². The molecule has 0 aromatic carbocycles. The topological polar surface area (TPSA) is 21.7 Å². The molecule has 1 unspecified atom stereocenters. The maximum absolute atomic E-state index is 6.06. The van der Waals surface area contributed by atoms with Gasteiger partial charge in [0.2, 0.25) is 0 Å². The summed E-state index contributed by atoms with van der Waals surface area (Å²) in [4.78, 5) is 2.55. The SMILES string of the molecule is CC(C)(C)C1CCCC=C1OCCOCCN1CCCCCC1. The van der Waals surface area contributed by atoms with E-state index in [1.54, 1.807) is 0 Å². The van der Waals surface area contributed by atoms with Crippen LogP contribution in [0.4, 0.5) is 0 Å².